The summed E-state index contributed by atoms with van der Waals surface area (Å²) < 4.78 is 0. The van der Waals surface area contributed by atoms with Crippen molar-refractivity contribution in [3.05, 3.63) is 29.8 Å². The van der Waals surface area contributed by atoms with Gasteiger partial charge in [0, 0.05) is 12.2 Å². The highest BCUT2D eigenvalue weighted by Gasteiger charge is 2.15. The maximum absolute atomic E-state index is 9.21. The third kappa shape index (κ3) is 2.59. The molecule has 0 unspecified atom stereocenters. The van der Waals surface area contributed by atoms with Gasteiger partial charge in [0.15, 0.2) is 0 Å². The van der Waals surface area contributed by atoms with Crippen LogP contribution < -0.4 is 0 Å². The van der Waals surface area contributed by atoms with Gasteiger partial charge in [-0.2, -0.15) is 0 Å². The molecule has 2 rings (SSSR count). The molecule has 1 aliphatic rings. The van der Waals surface area contributed by atoms with Crippen molar-refractivity contribution in [2.45, 2.75) is 12.5 Å². The fraction of sp³-hybridized carbons (Fsp3) is 0.364. The van der Waals surface area contributed by atoms with Gasteiger partial charge in [-0.1, -0.05) is 18.2 Å². The largest absolute Gasteiger partial charge is 0.394 e. The quantitative estimate of drug-likeness (QED) is 0.813. The van der Waals surface area contributed by atoms with E-state index in [-0.39, 0.29) is 6.61 Å². The van der Waals surface area contributed by atoms with Crippen LogP contribution in [0.15, 0.2) is 29.3 Å². The first-order chi connectivity index (χ1) is 7.29. The van der Waals surface area contributed by atoms with Crippen LogP contribution in [0.5, 0.6) is 0 Å². The second-order valence-corrected chi connectivity index (χ2v) is 4.55. The number of aliphatic hydroxyl groups excluding tert-OH is 2. The van der Waals surface area contributed by atoms with Gasteiger partial charge in [0.1, 0.15) is 0 Å². The maximum atomic E-state index is 9.21. The zero-order valence-corrected chi connectivity index (χ0v) is 9.07. The van der Waals surface area contributed by atoms with E-state index in [1.807, 2.05) is 18.2 Å². The van der Waals surface area contributed by atoms with E-state index in [9.17, 15) is 5.11 Å². The highest BCUT2D eigenvalue weighted by molar-refractivity contribution is 8.14. The third-order valence-electron chi connectivity index (χ3n) is 2.23. The van der Waals surface area contributed by atoms with Crippen molar-refractivity contribution in [2.24, 2.45) is 4.99 Å². The Bertz CT molecular complexity index is 379. The molecule has 1 heterocycles. The van der Waals surface area contributed by atoms with Crippen LogP contribution in [-0.4, -0.2) is 33.7 Å². The lowest BCUT2D eigenvalue weighted by Gasteiger charge is -2.05. The molecular formula is C11H13NO2S. The van der Waals surface area contributed by atoms with E-state index >= 15 is 0 Å². The summed E-state index contributed by atoms with van der Waals surface area (Å²) in [5.74, 6) is 0.503. The average Bonchev–Trinajstić information content (AvgIpc) is 2.68. The van der Waals surface area contributed by atoms with Gasteiger partial charge in [-0.05, 0) is 11.6 Å². The smallest absolute Gasteiger partial charge is 0.0864 e. The number of nitrogens with zero attached hydrogens (tertiary/aromatic N) is 1. The maximum Gasteiger partial charge on any atom is 0.0864 e. The standard InChI is InChI=1S/C11H13NO2S/c13-6-9(14)7-15-11-5-8-3-1-2-4-10(8)12-11/h1-4,9,13-14H,5-7H2/t9-/m0/s1. The first kappa shape index (κ1) is 10.7. The minimum Gasteiger partial charge on any atom is -0.394 e. The van der Waals surface area contributed by atoms with Crippen LogP contribution in [0.1, 0.15) is 5.56 Å². The molecule has 0 saturated carbocycles. The molecule has 0 aromatic heterocycles. The van der Waals surface area contributed by atoms with E-state index in [4.69, 9.17) is 5.11 Å². The zero-order chi connectivity index (χ0) is 10.7. The van der Waals surface area contributed by atoms with E-state index in [0.717, 1.165) is 17.2 Å². The monoisotopic (exact) mass is 223 g/mol. The molecule has 4 heteroatoms. The minimum absolute atomic E-state index is 0.187. The summed E-state index contributed by atoms with van der Waals surface area (Å²) in [5, 5.41) is 18.9. The fourth-order valence-electron chi connectivity index (χ4n) is 1.43. The van der Waals surface area contributed by atoms with E-state index < -0.39 is 6.10 Å². The van der Waals surface area contributed by atoms with Crippen molar-refractivity contribution in [2.75, 3.05) is 12.4 Å². The first-order valence-electron chi connectivity index (χ1n) is 4.87. The Morgan fingerprint density at radius 3 is 2.93 bits per heavy atom. The number of rotatable bonds is 3. The van der Waals surface area contributed by atoms with Gasteiger partial charge in [0.05, 0.1) is 23.4 Å². The van der Waals surface area contributed by atoms with Crippen LogP contribution in [0.2, 0.25) is 0 Å². The molecule has 0 spiro atoms. The Morgan fingerprint density at radius 2 is 2.20 bits per heavy atom. The van der Waals surface area contributed by atoms with Gasteiger partial charge < -0.3 is 10.2 Å². The lowest BCUT2D eigenvalue weighted by molar-refractivity contribution is 0.114. The van der Waals surface area contributed by atoms with E-state index in [0.29, 0.717) is 5.75 Å². The van der Waals surface area contributed by atoms with Gasteiger partial charge in [0.25, 0.3) is 0 Å². The number of para-hydroxylation sites is 1. The molecule has 15 heavy (non-hydrogen) atoms. The van der Waals surface area contributed by atoms with Crippen molar-refractivity contribution >= 4 is 22.5 Å². The highest BCUT2D eigenvalue weighted by Crippen LogP contribution is 2.29. The first-order valence-corrected chi connectivity index (χ1v) is 5.85. The molecule has 1 aromatic rings. The Morgan fingerprint density at radius 1 is 1.40 bits per heavy atom. The Hall–Kier alpha value is -0.840. The topological polar surface area (TPSA) is 52.8 Å². The summed E-state index contributed by atoms with van der Waals surface area (Å²) in [6.45, 7) is -0.187. The SMILES string of the molecule is OC[C@H](O)CSC1=Nc2ccccc2C1. The van der Waals surface area contributed by atoms with E-state index in [2.05, 4.69) is 11.1 Å². The van der Waals surface area contributed by atoms with Crippen molar-refractivity contribution in [3.63, 3.8) is 0 Å². The number of hydrogen-bond acceptors (Lipinski definition) is 4. The number of fused-ring (bicyclic) bond motifs is 1. The van der Waals surface area contributed by atoms with Crippen LogP contribution >= 0.6 is 11.8 Å². The van der Waals surface area contributed by atoms with E-state index in [1.165, 1.54) is 17.3 Å². The van der Waals surface area contributed by atoms with Crippen LogP contribution in [0.25, 0.3) is 0 Å². The summed E-state index contributed by atoms with van der Waals surface area (Å²) in [4.78, 5) is 4.44. The molecule has 0 amide bonds. The molecule has 0 bridgehead atoms. The Kier molecular flexibility index (Phi) is 3.41. The van der Waals surface area contributed by atoms with Crippen LogP contribution in [0, 0.1) is 0 Å². The molecule has 1 aromatic carbocycles. The van der Waals surface area contributed by atoms with Crippen molar-refractivity contribution in [1.29, 1.82) is 0 Å². The van der Waals surface area contributed by atoms with Gasteiger partial charge >= 0.3 is 0 Å². The van der Waals surface area contributed by atoms with Gasteiger partial charge in [-0.15, -0.1) is 11.8 Å². The molecule has 0 radical (unpaired) electrons. The summed E-state index contributed by atoms with van der Waals surface area (Å²) in [7, 11) is 0. The fourth-order valence-corrected chi connectivity index (χ4v) is 2.35. The van der Waals surface area contributed by atoms with Gasteiger partial charge in [-0.25, -0.2) is 4.99 Å². The molecule has 1 aliphatic heterocycles. The molecule has 0 saturated heterocycles. The molecule has 1 atom stereocenters. The number of aliphatic imine (C=N–C) groups is 1. The second kappa shape index (κ2) is 4.79. The Balaban J connectivity index is 1.94. The number of hydrogen-bond donors (Lipinski definition) is 2. The van der Waals surface area contributed by atoms with Crippen molar-refractivity contribution in [1.82, 2.24) is 0 Å². The third-order valence-corrected chi connectivity index (χ3v) is 3.35. The number of thioether (sulfide) groups is 1. The molecular weight excluding hydrogens is 210 g/mol. The van der Waals surface area contributed by atoms with Crippen LogP contribution in [0.3, 0.4) is 0 Å². The molecule has 0 aliphatic carbocycles. The zero-order valence-electron chi connectivity index (χ0n) is 8.26. The predicted octanol–water partition coefficient (Wildman–Crippen LogP) is 1.36. The Labute approximate surface area is 92.9 Å². The highest BCUT2D eigenvalue weighted by atomic mass is 32.2. The molecule has 3 nitrogen and oxygen atoms in total. The van der Waals surface area contributed by atoms with Crippen molar-refractivity contribution < 1.29 is 10.2 Å². The lowest BCUT2D eigenvalue weighted by Crippen LogP contribution is -2.16. The van der Waals surface area contributed by atoms with Gasteiger partial charge in [-0.3, -0.25) is 0 Å². The average molecular weight is 223 g/mol. The minimum atomic E-state index is -0.651. The molecule has 2 N–H and O–H groups in total. The van der Waals surface area contributed by atoms with Crippen molar-refractivity contribution in [3.8, 4) is 0 Å². The number of benzene rings is 1. The normalized spacial score (nSPS) is 16.0. The number of aliphatic hydroxyl groups is 2. The second-order valence-electron chi connectivity index (χ2n) is 3.46. The summed E-state index contributed by atoms with van der Waals surface area (Å²) in [6.07, 6.45) is 0.195. The summed E-state index contributed by atoms with van der Waals surface area (Å²) in [6, 6.07) is 8.03. The summed E-state index contributed by atoms with van der Waals surface area (Å²) >= 11 is 1.51. The van der Waals surface area contributed by atoms with Crippen LogP contribution in [-0.2, 0) is 6.42 Å². The van der Waals surface area contributed by atoms with E-state index in [1.54, 1.807) is 0 Å². The molecule has 0 fully saturated rings. The van der Waals surface area contributed by atoms with Crippen LogP contribution in [0.4, 0.5) is 5.69 Å². The summed E-state index contributed by atoms with van der Waals surface area (Å²) in [5.41, 5.74) is 2.26. The van der Waals surface area contributed by atoms with Gasteiger partial charge in [0.2, 0.25) is 0 Å². The predicted molar refractivity (Wildman–Crippen MR) is 62.8 cm³/mol. The molecule has 80 valence electrons. The lowest BCUT2D eigenvalue weighted by atomic mass is 10.2.